The molecule has 0 unspecified atom stereocenters. The maximum absolute atomic E-state index is 11.7. The highest BCUT2D eigenvalue weighted by atomic mass is 16.6. The maximum Gasteiger partial charge on any atom is 0.344 e. The van der Waals surface area contributed by atoms with E-state index in [4.69, 9.17) is 9.47 Å². The Hall–Kier alpha value is -2.89. The molecule has 6 nitrogen and oxygen atoms in total. The van der Waals surface area contributed by atoms with Gasteiger partial charge in [0.2, 0.25) is 0 Å². The number of aryl methyl sites for hydroxylation is 2. The molecular weight excluding hydrogens is 298 g/mol. The van der Waals surface area contributed by atoms with Crippen LogP contribution in [-0.2, 0) is 16.1 Å². The standard InChI is InChI=1S/C17H17NO5/c1-12-3-8-16(13(2)9-12)22-11-17(19)23-10-14-4-6-15(7-5-14)18(20)21/h3-9H,10-11H2,1-2H3. The third-order valence-corrected chi connectivity index (χ3v) is 3.22. The molecule has 6 heteroatoms. The molecule has 0 N–H and O–H groups in total. The molecule has 120 valence electrons. The van der Waals surface area contributed by atoms with E-state index in [1.165, 1.54) is 12.1 Å². The fourth-order valence-electron chi connectivity index (χ4n) is 2.02. The molecule has 0 amide bonds. The monoisotopic (exact) mass is 315 g/mol. The summed E-state index contributed by atoms with van der Waals surface area (Å²) in [7, 11) is 0. The minimum absolute atomic E-state index is 0.00161. The lowest BCUT2D eigenvalue weighted by molar-refractivity contribution is -0.384. The molecule has 2 aromatic carbocycles. The number of carbonyl (C=O) groups excluding carboxylic acids is 1. The number of esters is 1. The number of rotatable bonds is 6. The number of nitro benzene ring substituents is 1. The molecule has 2 aromatic rings. The van der Waals surface area contributed by atoms with E-state index in [0.29, 0.717) is 11.3 Å². The normalized spacial score (nSPS) is 10.2. The average molecular weight is 315 g/mol. The number of nitro groups is 1. The molecule has 2 rings (SSSR count). The van der Waals surface area contributed by atoms with Crippen molar-refractivity contribution >= 4 is 11.7 Å². The van der Waals surface area contributed by atoms with Crippen molar-refractivity contribution in [3.05, 3.63) is 69.3 Å². The summed E-state index contributed by atoms with van der Waals surface area (Å²) < 4.78 is 10.5. The predicted octanol–water partition coefficient (Wildman–Crippen LogP) is 3.33. The first kappa shape index (κ1) is 16.5. The smallest absolute Gasteiger partial charge is 0.344 e. The van der Waals surface area contributed by atoms with Crippen molar-refractivity contribution in [3.8, 4) is 5.75 Å². The lowest BCUT2D eigenvalue weighted by atomic mass is 10.1. The van der Waals surface area contributed by atoms with E-state index in [2.05, 4.69) is 0 Å². The van der Waals surface area contributed by atoms with E-state index in [0.717, 1.165) is 11.1 Å². The van der Waals surface area contributed by atoms with Gasteiger partial charge >= 0.3 is 5.97 Å². The number of hydrogen-bond donors (Lipinski definition) is 0. The maximum atomic E-state index is 11.7. The summed E-state index contributed by atoms with van der Waals surface area (Å²) in [6.07, 6.45) is 0. The van der Waals surface area contributed by atoms with Gasteiger partial charge in [-0.05, 0) is 43.2 Å². The third-order valence-electron chi connectivity index (χ3n) is 3.22. The van der Waals surface area contributed by atoms with Gasteiger partial charge in [-0.15, -0.1) is 0 Å². The molecule has 0 saturated heterocycles. The molecule has 0 atom stereocenters. The third kappa shape index (κ3) is 4.81. The van der Waals surface area contributed by atoms with E-state index >= 15 is 0 Å². The van der Waals surface area contributed by atoms with E-state index in [9.17, 15) is 14.9 Å². The summed E-state index contributed by atoms with van der Waals surface area (Å²) >= 11 is 0. The van der Waals surface area contributed by atoms with Gasteiger partial charge in [0.15, 0.2) is 6.61 Å². The molecule has 0 bridgehead atoms. The fraction of sp³-hybridized carbons (Fsp3) is 0.235. The quantitative estimate of drug-likeness (QED) is 0.464. The van der Waals surface area contributed by atoms with E-state index < -0.39 is 10.9 Å². The van der Waals surface area contributed by atoms with Gasteiger partial charge in [-0.1, -0.05) is 17.7 Å². The summed E-state index contributed by atoms with van der Waals surface area (Å²) in [6, 6.07) is 11.5. The van der Waals surface area contributed by atoms with Crippen LogP contribution in [0.5, 0.6) is 5.75 Å². The van der Waals surface area contributed by atoms with Gasteiger partial charge in [-0.2, -0.15) is 0 Å². The number of hydrogen-bond acceptors (Lipinski definition) is 5. The van der Waals surface area contributed by atoms with Gasteiger partial charge in [0.05, 0.1) is 4.92 Å². The van der Waals surface area contributed by atoms with E-state index in [1.54, 1.807) is 12.1 Å². The number of ether oxygens (including phenoxy) is 2. The first-order chi connectivity index (χ1) is 11.0. The Balaban J connectivity index is 1.82. The van der Waals surface area contributed by atoms with Crippen LogP contribution in [0, 0.1) is 24.0 Å². The highest BCUT2D eigenvalue weighted by molar-refractivity contribution is 5.71. The average Bonchev–Trinajstić information content (AvgIpc) is 2.52. The van der Waals surface area contributed by atoms with Crippen molar-refractivity contribution in [1.29, 1.82) is 0 Å². The first-order valence-electron chi connectivity index (χ1n) is 7.04. The Kier molecular flexibility index (Phi) is 5.30. The van der Waals surface area contributed by atoms with Crippen LogP contribution in [0.2, 0.25) is 0 Å². The SMILES string of the molecule is Cc1ccc(OCC(=O)OCc2ccc([N+](=O)[O-])cc2)c(C)c1. The molecule has 23 heavy (non-hydrogen) atoms. The highest BCUT2D eigenvalue weighted by Crippen LogP contribution is 2.18. The molecule has 0 saturated carbocycles. The van der Waals surface area contributed by atoms with Gasteiger partial charge in [-0.25, -0.2) is 4.79 Å². The zero-order valence-electron chi connectivity index (χ0n) is 12.9. The summed E-state index contributed by atoms with van der Waals surface area (Å²) in [6.45, 7) is 3.75. The Bertz CT molecular complexity index is 709. The second-order valence-corrected chi connectivity index (χ2v) is 5.14. The number of non-ortho nitro benzene ring substituents is 1. The molecule has 0 radical (unpaired) electrons. The van der Waals surface area contributed by atoms with Crippen molar-refractivity contribution in [2.75, 3.05) is 6.61 Å². The van der Waals surface area contributed by atoms with Crippen molar-refractivity contribution < 1.29 is 19.2 Å². The van der Waals surface area contributed by atoms with E-state index in [-0.39, 0.29) is 18.9 Å². The molecule has 0 aliphatic rings. The van der Waals surface area contributed by atoms with Crippen LogP contribution in [0.3, 0.4) is 0 Å². The van der Waals surface area contributed by atoms with Crippen molar-refractivity contribution in [2.45, 2.75) is 20.5 Å². The largest absolute Gasteiger partial charge is 0.482 e. The molecule has 0 aliphatic carbocycles. The second kappa shape index (κ2) is 7.40. The van der Waals surface area contributed by atoms with Gasteiger partial charge in [0.1, 0.15) is 12.4 Å². The van der Waals surface area contributed by atoms with Crippen molar-refractivity contribution in [2.24, 2.45) is 0 Å². The summed E-state index contributed by atoms with van der Waals surface area (Å²) in [5.41, 5.74) is 2.75. The molecule has 0 spiro atoms. The van der Waals surface area contributed by atoms with Crippen LogP contribution < -0.4 is 4.74 Å². The van der Waals surface area contributed by atoms with Crippen LogP contribution in [-0.4, -0.2) is 17.5 Å². The van der Waals surface area contributed by atoms with E-state index in [1.807, 2.05) is 32.0 Å². The van der Waals surface area contributed by atoms with Crippen LogP contribution in [0.4, 0.5) is 5.69 Å². The number of benzene rings is 2. The Labute approximate surface area is 133 Å². The minimum atomic E-state index is -0.497. The highest BCUT2D eigenvalue weighted by Gasteiger charge is 2.08. The predicted molar refractivity (Wildman–Crippen MR) is 84.3 cm³/mol. The molecule has 0 fully saturated rings. The summed E-state index contributed by atoms with van der Waals surface area (Å²) in [5, 5.41) is 10.6. The van der Waals surface area contributed by atoms with Gasteiger partial charge in [0.25, 0.3) is 5.69 Å². The zero-order chi connectivity index (χ0) is 16.8. The van der Waals surface area contributed by atoms with Crippen LogP contribution in [0.15, 0.2) is 42.5 Å². The van der Waals surface area contributed by atoms with Crippen LogP contribution in [0.1, 0.15) is 16.7 Å². The molecule has 0 heterocycles. The summed E-state index contributed by atoms with van der Waals surface area (Å²) in [5.74, 6) is 0.145. The van der Waals surface area contributed by atoms with Gasteiger partial charge < -0.3 is 9.47 Å². The van der Waals surface area contributed by atoms with Crippen molar-refractivity contribution in [3.63, 3.8) is 0 Å². The first-order valence-corrected chi connectivity index (χ1v) is 7.04. The number of carbonyl (C=O) groups is 1. The molecule has 0 aliphatic heterocycles. The minimum Gasteiger partial charge on any atom is -0.482 e. The van der Waals surface area contributed by atoms with Crippen LogP contribution >= 0.6 is 0 Å². The Morgan fingerprint density at radius 3 is 2.43 bits per heavy atom. The summed E-state index contributed by atoms with van der Waals surface area (Å²) in [4.78, 5) is 21.8. The zero-order valence-corrected chi connectivity index (χ0v) is 12.9. The van der Waals surface area contributed by atoms with Gasteiger partial charge in [-0.3, -0.25) is 10.1 Å². The van der Waals surface area contributed by atoms with Crippen molar-refractivity contribution in [1.82, 2.24) is 0 Å². The topological polar surface area (TPSA) is 78.7 Å². The van der Waals surface area contributed by atoms with Gasteiger partial charge in [0, 0.05) is 12.1 Å². The lowest BCUT2D eigenvalue weighted by Gasteiger charge is -2.09. The Morgan fingerprint density at radius 1 is 1.13 bits per heavy atom. The number of nitrogens with zero attached hydrogens (tertiary/aromatic N) is 1. The second-order valence-electron chi connectivity index (χ2n) is 5.14. The molecular formula is C17H17NO5. The molecule has 0 aromatic heterocycles. The lowest BCUT2D eigenvalue weighted by Crippen LogP contribution is -2.15. The van der Waals surface area contributed by atoms with Crippen LogP contribution in [0.25, 0.3) is 0 Å². The fourth-order valence-corrected chi connectivity index (χ4v) is 2.02. The Morgan fingerprint density at radius 2 is 1.83 bits per heavy atom.